The van der Waals surface area contributed by atoms with Crippen molar-refractivity contribution in [2.24, 2.45) is 0 Å². The SMILES string of the molecule is Cc1ccc(C)c(OCC(=O)NNC(=O)CCC(=O)C(C#N)=C2N(C)c3ccccc3N2C)c1. The van der Waals surface area contributed by atoms with Crippen molar-refractivity contribution >= 4 is 29.0 Å². The first-order valence-corrected chi connectivity index (χ1v) is 10.7. The zero-order valence-electron chi connectivity index (χ0n) is 19.6. The molecule has 2 aromatic carbocycles. The topological polar surface area (TPSA) is 115 Å². The molecule has 0 saturated heterocycles. The van der Waals surface area contributed by atoms with E-state index in [4.69, 9.17) is 4.74 Å². The van der Waals surface area contributed by atoms with Crippen LogP contribution in [0.3, 0.4) is 0 Å². The molecule has 1 heterocycles. The van der Waals surface area contributed by atoms with Crippen LogP contribution in [0.15, 0.2) is 53.9 Å². The minimum absolute atomic E-state index is 0.0278. The van der Waals surface area contributed by atoms with Crippen molar-refractivity contribution < 1.29 is 19.1 Å². The highest BCUT2D eigenvalue weighted by Gasteiger charge is 2.31. The van der Waals surface area contributed by atoms with Crippen molar-refractivity contribution in [1.29, 1.82) is 5.26 Å². The van der Waals surface area contributed by atoms with Crippen molar-refractivity contribution in [3.05, 3.63) is 65.0 Å². The zero-order chi connectivity index (χ0) is 24.8. The lowest BCUT2D eigenvalue weighted by molar-refractivity contribution is -0.130. The number of allylic oxidation sites excluding steroid dienone is 1. The molecule has 2 N–H and O–H groups in total. The van der Waals surface area contributed by atoms with Gasteiger partial charge in [0.15, 0.2) is 12.4 Å². The van der Waals surface area contributed by atoms with E-state index in [9.17, 15) is 19.6 Å². The normalized spacial score (nSPS) is 12.0. The number of hydrogen-bond acceptors (Lipinski definition) is 7. The highest BCUT2D eigenvalue weighted by molar-refractivity contribution is 6.03. The van der Waals surface area contributed by atoms with Gasteiger partial charge in [0.05, 0.1) is 11.4 Å². The van der Waals surface area contributed by atoms with Crippen molar-refractivity contribution in [3.8, 4) is 11.8 Å². The molecule has 1 aliphatic rings. The van der Waals surface area contributed by atoms with Crippen LogP contribution in [0.2, 0.25) is 0 Å². The van der Waals surface area contributed by atoms with Crippen LogP contribution in [0.25, 0.3) is 0 Å². The molecule has 9 nitrogen and oxygen atoms in total. The minimum Gasteiger partial charge on any atom is -0.483 e. The average molecular weight is 462 g/mol. The van der Waals surface area contributed by atoms with Crippen LogP contribution in [0, 0.1) is 25.2 Å². The summed E-state index contributed by atoms with van der Waals surface area (Å²) in [7, 11) is 3.57. The molecule has 34 heavy (non-hydrogen) atoms. The Bertz CT molecular complexity index is 1170. The van der Waals surface area contributed by atoms with Crippen LogP contribution in [0.5, 0.6) is 5.75 Å². The van der Waals surface area contributed by atoms with Gasteiger partial charge < -0.3 is 14.5 Å². The fraction of sp³-hybridized carbons (Fsp3) is 0.280. The summed E-state index contributed by atoms with van der Waals surface area (Å²) >= 11 is 0. The molecule has 9 heteroatoms. The molecule has 1 aliphatic heterocycles. The Morgan fingerprint density at radius 3 is 2.18 bits per heavy atom. The smallest absolute Gasteiger partial charge is 0.276 e. The predicted octanol–water partition coefficient (Wildman–Crippen LogP) is 2.50. The maximum Gasteiger partial charge on any atom is 0.276 e. The van der Waals surface area contributed by atoms with Gasteiger partial charge in [0, 0.05) is 26.9 Å². The Kier molecular flexibility index (Phi) is 7.53. The van der Waals surface area contributed by atoms with Gasteiger partial charge in [-0.05, 0) is 43.2 Å². The monoisotopic (exact) mass is 461 g/mol. The van der Waals surface area contributed by atoms with Crippen molar-refractivity contribution in [1.82, 2.24) is 10.9 Å². The molecule has 176 valence electrons. The van der Waals surface area contributed by atoms with Gasteiger partial charge in [0.25, 0.3) is 5.91 Å². The van der Waals surface area contributed by atoms with E-state index in [0.717, 1.165) is 22.5 Å². The van der Waals surface area contributed by atoms with E-state index in [0.29, 0.717) is 11.6 Å². The second-order valence-corrected chi connectivity index (χ2v) is 7.99. The number of carbonyl (C=O) groups is 3. The number of nitriles is 1. The highest BCUT2D eigenvalue weighted by Crippen LogP contribution is 2.40. The van der Waals surface area contributed by atoms with E-state index >= 15 is 0 Å². The maximum absolute atomic E-state index is 12.7. The summed E-state index contributed by atoms with van der Waals surface area (Å²) in [4.78, 5) is 40.4. The molecule has 0 bridgehead atoms. The van der Waals surface area contributed by atoms with Crippen molar-refractivity contribution in [3.63, 3.8) is 0 Å². The fourth-order valence-electron chi connectivity index (χ4n) is 3.65. The van der Waals surface area contributed by atoms with Gasteiger partial charge in [-0.15, -0.1) is 0 Å². The van der Waals surface area contributed by atoms with Crippen LogP contribution in [-0.4, -0.2) is 38.3 Å². The molecule has 0 saturated carbocycles. The molecular formula is C25H27N5O4. The molecule has 0 radical (unpaired) electrons. The second-order valence-electron chi connectivity index (χ2n) is 7.99. The number of amides is 2. The quantitative estimate of drug-likeness (QED) is 0.370. The number of fused-ring (bicyclic) bond motifs is 1. The third-order valence-corrected chi connectivity index (χ3v) is 5.48. The lowest BCUT2D eigenvalue weighted by atomic mass is 10.1. The number of Topliss-reactive ketones (excluding diaryl/α,β-unsaturated/α-hetero) is 1. The predicted molar refractivity (Wildman–Crippen MR) is 128 cm³/mol. The van der Waals surface area contributed by atoms with Crippen LogP contribution < -0.4 is 25.4 Å². The van der Waals surface area contributed by atoms with E-state index in [2.05, 4.69) is 10.9 Å². The van der Waals surface area contributed by atoms with Crippen LogP contribution in [0.1, 0.15) is 24.0 Å². The van der Waals surface area contributed by atoms with E-state index in [1.165, 1.54) is 0 Å². The van der Waals surface area contributed by atoms with Crippen LogP contribution in [0.4, 0.5) is 11.4 Å². The summed E-state index contributed by atoms with van der Waals surface area (Å²) in [6.45, 7) is 3.52. The Morgan fingerprint density at radius 2 is 1.56 bits per heavy atom. The lowest BCUT2D eigenvalue weighted by Gasteiger charge is -2.19. The van der Waals surface area contributed by atoms with E-state index in [1.54, 1.807) is 23.9 Å². The molecule has 0 aliphatic carbocycles. The van der Waals surface area contributed by atoms with Gasteiger partial charge in [0.2, 0.25) is 5.91 Å². The number of hydrogen-bond donors (Lipinski definition) is 2. The molecule has 3 rings (SSSR count). The number of ether oxygens (including phenoxy) is 1. The first kappa shape index (κ1) is 24.3. The molecule has 0 atom stereocenters. The molecule has 0 aromatic heterocycles. The third kappa shape index (κ3) is 5.35. The second kappa shape index (κ2) is 10.5. The molecular weight excluding hydrogens is 434 g/mol. The molecule has 2 aromatic rings. The van der Waals surface area contributed by atoms with Gasteiger partial charge in [-0.2, -0.15) is 5.26 Å². The minimum atomic E-state index is -0.549. The summed E-state index contributed by atoms with van der Waals surface area (Å²) in [5.41, 5.74) is 8.16. The first-order valence-electron chi connectivity index (χ1n) is 10.7. The van der Waals surface area contributed by atoms with Gasteiger partial charge in [0.1, 0.15) is 23.2 Å². The van der Waals surface area contributed by atoms with Crippen molar-refractivity contribution in [2.45, 2.75) is 26.7 Å². The van der Waals surface area contributed by atoms with Gasteiger partial charge in [-0.3, -0.25) is 25.2 Å². The van der Waals surface area contributed by atoms with Crippen LogP contribution in [-0.2, 0) is 14.4 Å². The lowest BCUT2D eigenvalue weighted by Crippen LogP contribution is -2.44. The highest BCUT2D eigenvalue weighted by atomic mass is 16.5. The van der Waals surface area contributed by atoms with Gasteiger partial charge >= 0.3 is 0 Å². The number of anilines is 2. The zero-order valence-corrected chi connectivity index (χ0v) is 19.6. The number of carbonyl (C=O) groups excluding carboxylic acids is 3. The largest absolute Gasteiger partial charge is 0.483 e. The summed E-state index contributed by atoms with van der Waals surface area (Å²) < 4.78 is 5.49. The van der Waals surface area contributed by atoms with Crippen molar-refractivity contribution in [2.75, 3.05) is 30.5 Å². The Labute approximate surface area is 198 Å². The number of nitrogens with one attached hydrogen (secondary N) is 2. The summed E-state index contributed by atoms with van der Waals surface area (Å²) in [6, 6.07) is 15.2. The fourth-order valence-corrected chi connectivity index (χ4v) is 3.65. The van der Waals surface area contributed by atoms with Gasteiger partial charge in [-0.1, -0.05) is 24.3 Å². The Morgan fingerprint density at radius 1 is 0.941 bits per heavy atom. The van der Waals surface area contributed by atoms with E-state index < -0.39 is 17.6 Å². The Balaban J connectivity index is 1.51. The van der Waals surface area contributed by atoms with Crippen LogP contribution >= 0.6 is 0 Å². The Hall–Kier alpha value is -4.32. The maximum atomic E-state index is 12.7. The molecule has 0 spiro atoms. The number of ketones is 1. The summed E-state index contributed by atoms with van der Waals surface area (Å²) in [5, 5.41) is 9.65. The standard InChI is InChI=1S/C25H27N5O4/c1-16-9-10-17(2)22(13-16)34-15-24(33)28-27-23(32)12-11-21(31)18(14-26)25-29(3)19-7-5-6-8-20(19)30(25)4/h5-10,13H,11-12,15H2,1-4H3,(H,27,32)(H,28,33). The number of rotatable bonds is 7. The molecule has 0 unspecified atom stereocenters. The summed E-state index contributed by atoms with van der Waals surface area (Å²) in [5.74, 6) is -0.484. The van der Waals surface area contributed by atoms with E-state index in [-0.39, 0.29) is 25.0 Å². The molecule has 0 fully saturated rings. The number of aryl methyl sites for hydroxylation is 2. The summed E-state index contributed by atoms with van der Waals surface area (Å²) in [6.07, 6.45) is -0.360. The number of benzene rings is 2. The number of hydrazine groups is 1. The number of para-hydroxylation sites is 2. The third-order valence-electron chi connectivity index (χ3n) is 5.48. The van der Waals surface area contributed by atoms with Gasteiger partial charge in [-0.25, -0.2) is 0 Å². The first-order chi connectivity index (χ1) is 16.2. The number of nitrogens with zero attached hydrogens (tertiary/aromatic N) is 3. The molecule has 2 amide bonds. The average Bonchev–Trinajstić information content (AvgIpc) is 3.08. The van der Waals surface area contributed by atoms with E-state index in [1.807, 2.05) is 62.4 Å².